The largest absolute Gasteiger partial charge is 0.316 e. The molecule has 4 heteroatoms. The molecule has 1 atom stereocenters. The Morgan fingerprint density at radius 2 is 2.18 bits per heavy atom. The first-order valence-electron chi connectivity index (χ1n) is 5.97. The van der Waals surface area contributed by atoms with Crippen molar-refractivity contribution in [3.8, 4) is 0 Å². The minimum atomic E-state index is 0.785. The van der Waals surface area contributed by atoms with Crippen LogP contribution in [-0.4, -0.2) is 28.8 Å². The highest BCUT2D eigenvalue weighted by Gasteiger charge is 2.14. The molecule has 0 aliphatic carbocycles. The van der Waals surface area contributed by atoms with Crippen LogP contribution >= 0.6 is 11.8 Å². The Morgan fingerprint density at radius 1 is 1.29 bits per heavy atom. The number of benzene rings is 1. The minimum absolute atomic E-state index is 0.785. The Hall–Kier alpha value is -1.13. The van der Waals surface area contributed by atoms with E-state index in [-0.39, 0.29) is 0 Å². The topological polar surface area (TPSA) is 37.8 Å². The van der Waals surface area contributed by atoms with E-state index in [9.17, 15) is 0 Å². The molecule has 17 heavy (non-hydrogen) atoms. The smallest absolute Gasteiger partial charge is 0.115 e. The summed E-state index contributed by atoms with van der Waals surface area (Å²) >= 11 is 1.82. The molecule has 1 saturated heterocycles. The van der Waals surface area contributed by atoms with Crippen LogP contribution in [0.2, 0.25) is 0 Å². The average molecular weight is 245 g/mol. The van der Waals surface area contributed by atoms with E-state index in [1.807, 2.05) is 42.2 Å². The summed E-state index contributed by atoms with van der Waals surface area (Å²) in [5.74, 6) is 1.92. The molecular weight excluding hydrogens is 230 g/mol. The molecule has 1 N–H and O–H groups in total. The van der Waals surface area contributed by atoms with E-state index in [0.29, 0.717) is 0 Å². The van der Waals surface area contributed by atoms with Crippen molar-refractivity contribution in [3.63, 3.8) is 0 Å². The summed E-state index contributed by atoms with van der Waals surface area (Å²) in [7, 11) is 0. The van der Waals surface area contributed by atoms with Gasteiger partial charge < -0.3 is 5.32 Å². The summed E-state index contributed by atoms with van der Waals surface area (Å²) in [6.07, 6.45) is 3.17. The molecule has 1 aromatic heterocycles. The summed E-state index contributed by atoms with van der Waals surface area (Å²) in [5.41, 5.74) is 1.96. The third-order valence-electron chi connectivity index (χ3n) is 3.06. The second-order valence-corrected chi connectivity index (χ2v) is 5.41. The number of nitrogens with one attached hydrogen (secondary N) is 1. The Bertz CT molecular complexity index is 509. The van der Waals surface area contributed by atoms with Crippen molar-refractivity contribution in [3.05, 3.63) is 30.5 Å². The number of rotatable bonds is 3. The van der Waals surface area contributed by atoms with Crippen LogP contribution in [-0.2, 0) is 0 Å². The number of nitrogens with zero attached hydrogens (tertiary/aromatic N) is 2. The highest BCUT2D eigenvalue weighted by molar-refractivity contribution is 7.99. The first kappa shape index (κ1) is 11.0. The number of hydrogen-bond acceptors (Lipinski definition) is 4. The van der Waals surface area contributed by atoms with Gasteiger partial charge in [-0.25, -0.2) is 4.98 Å². The number of thioether (sulfide) groups is 1. The fourth-order valence-electron chi connectivity index (χ4n) is 2.07. The molecule has 0 spiro atoms. The molecule has 2 heterocycles. The quantitative estimate of drug-likeness (QED) is 0.842. The predicted molar refractivity (Wildman–Crippen MR) is 71.2 cm³/mol. The zero-order chi connectivity index (χ0) is 11.5. The lowest BCUT2D eigenvalue weighted by atomic mass is 10.2. The maximum Gasteiger partial charge on any atom is 0.115 e. The van der Waals surface area contributed by atoms with E-state index >= 15 is 0 Å². The van der Waals surface area contributed by atoms with E-state index in [1.54, 1.807) is 0 Å². The van der Waals surface area contributed by atoms with E-state index in [2.05, 4.69) is 15.3 Å². The van der Waals surface area contributed by atoms with E-state index in [1.165, 1.54) is 6.42 Å². The summed E-state index contributed by atoms with van der Waals surface area (Å²) in [6, 6.07) is 8.02. The third-order valence-corrected chi connectivity index (χ3v) is 4.19. The van der Waals surface area contributed by atoms with E-state index in [0.717, 1.165) is 40.8 Å². The molecule has 1 fully saturated rings. The normalized spacial score (nSPS) is 19.9. The summed E-state index contributed by atoms with van der Waals surface area (Å²) in [5, 5.41) is 4.43. The first-order chi connectivity index (χ1) is 8.42. The van der Waals surface area contributed by atoms with Gasteiger partial charge in [-0.2, -0.15) is 0 Å². The minimum Gasteiger partial charge on any atom is -0.316 e. The van der Waals surface area contributed by atoms with E-state index < -0.39 is 0 Å². The lowest BCUT2D eigenvalue weighted by Gasteiger charge is -2.07. The van der Waals surface area contributed by atoms with Gasteiger partial charge in [0.05, 0.1) is 17.2 Å². The van der Waals surface area contributed by atoms with Gasteiger partial charge in [0.25, 0.3) is 0 Å². The molecule has 0 bridgehead atoms. The third kappa shape index (κ3) is 2.58. The molecular formula is C13H15N3S. The molecule has 88 valence electrons. The van der Waals surface area contributed by atoms with Crippen LogP contribution in [0.4, 0.5) is 0 Å². The van der Waals surface area contributed by atoms with Crippen LogP contribution in [0.1, 0.15) is 6.42 Å². The second kappa shape index (κ2) is 5.02. The van der Waals surface area contributed by atoms with Crippen molar-refractivity contribution in [2.45, 2.75) is 11.4 Å². The van der Waals surface area contributed by atoms with Gasteiger partial charge in [-0.15, -0.1) is 11.8 Å². The van der Waals surface area contributed by atoms with Gasteiger partial charge in [0.2, 0.25) is 0 Å². The molecule has 3 nitrogen and oxygen atoms in total. The molecule has 0 amide bonds. The van der Waals surface area contributed by atoms with Crippen molar-refractivity contribution in [2.24, 2.45) is 5.92 Å². The summed E-state index contributed by atoms with van der Waals surface area (Å²) in [6.45, 7) is 2.31. The van der Waals surface area contributed by atoms with Gasteiger partial charge in [-0.1, -0.05) is 12.1 Å². The summed E-state index contributed by atoms with van der Waals surface area (Å²) < 4.78 is 0. The highest BCUT2D eigenvalue weighted by Crippen LogP contribution is 2.22. The van der Waals surface area contributed by atoms with Crippen molar-refractivity contribution in [1.29, 1.82) is 0 Å². The van der Waals surface area contributed by atoms with Crippen LogP contribution in [0, 0.1) is 5.92 Å². The molecule has 2 aromatic rings. The van der Waals surface area contributed by atoms with Crippen molar-refractivity contribution in [2.75, 3.05) is 18.8 Å². The predicted octanol–water partition coefficient (Wildman–Crippen LogP) is 2.33. The van der Waals surface area contributed by atoms with Gasteiger partial charge in [-0.05, 0) is 37.6 Å². The molecule has 3 rings (SSSR count). The SMILES string of the molecule is c1ccc2nc(SCC3CCNC3)cnc2c1. The number of hydrogen-bond donors (Lipinski definition) is 1. The van der Waals surface area contributed by atoms with Crippen LogP contribution in [0.25, 0.3) is 11.0 Å². The number of aromatic nitrogens is 2. The maximum atomic E-state index is 4.62. The van der Waals surface area contributed by atoms with Crippen LogP contribution < -0.4 is 5.32 Å². The Morgan fingerprint density at radius 3 is 3.00 bits per heavy atom. The Labute approximate surface area is 105 Å². The number of para-hydroxylation sites is 2. The standard InChI is InChI=1S/C13H15N3S/c1-2-4-12-11(3-1)15-8-13(16-12)17-9-10-5-6-14-7-10/h1-4,8,10,14H,5-7,9H2. The maximum absolute atomic E-state index is 4.62. The van der Waals surface area contributed by atoms with Crippen molar-refractivity contribution >= 4 is 22.8 Å². The highest BCUT2D eigenvalue weighted by atomic mass is 32.2. The molecule has 0 saturated carbocycles. The molecule has 1 aliphatic rings. The molecule has 1 aromatic carbocycles. The van der Waals surface area contributed by atoms with Crippen LogP contribution in [0.3, 0.4) is 0 Å². The lowest BCUT2D eigenvalue weighted by Crippen LogP contribution is -2.10. The van der Waals surface area contributed by atoms with Gasteiger partial charge >= 0.3 is 0 Å². The van der Waals surface area contributed by atoms with Crippen LogP contribution in [0.5, 0.6) is 0 Å². The monoisotopic (exact) mass is 245 g/mol. The zero-order valence-corrected chi connectivity index (χ0v) is 10.4. The molecule has 1 unspecified atom stereocenters. The molecule has 0 radical (unpaired) electrons. The second-order valence-electron chi connectivity index (χ2n) is 4.37. The Kier molecular flexibility index (Phi) is 3.25. The van der Waals surface area contributed by atoms with Gasteiger partial charge in [0.15, 0.2) is 0 Å². The van der Waals surface area contributed by atoms with Gasteiger partial charge in [0, 0.05) is 5.75 Å². The average Bonchev–Trinajstić information content (AvgIpc) is 2.89. The molecule has 1 aliphatic heterocycles. The first-order valence-corrected chi connectivity index (χ1v) is 6.96. The van der Waals surface area contributed by atoms with Gasteiger partial charge in [-0.3, -0.25) is 4.98 Å². The zero-order valence-electron chi connectivity index (χ0n) is 9.60. The fourth-order valence-corrected chi connectivity index (χ4v) is 3.05. The van der Waals surface area contributed by atoms with Crippen LogP contribution in [0.15, 0.2) is 35.5 Å². The Balaban J connectivity index is 1.72. The van der Waals surface area contributed by atoms with E-state index in [4.69, 9.17) is 0 Å². The van der Waals surface area contributed by atoms with Gasteiger partial charge in [0.1, 0.15) is 5.03 Å². The summed E-state index contributed by atoms with van der Waals surface area (Å²) in [4.78, 5) is 9.04. The van der Waals surface area contributed by atoms with Crippen molar-refractivity contribution < 1.29 is 0 Å². The lowest BCUT2D eigenvalue weighted by molar-refractivity contribution is 0.662. The number of fused-ring (bicyclic) bond motifs is 1. The van der Waals surface area contributed by atoms with Crippen molar-refractivity contribution in [1.82, 2.24) is 15.3 Å². The fraction of sp³-hybridized carbons (Fsp3) is 0.385.